The molecule has 1 heterocycles. The fourth-order valence-electron chi connectivity index (χ4n) is 5.16. The first-order valence-electron chi connectivity index (χ1n) is 15.5. The lowest BCUT2D eigenvalue weighted by Gasteiger charge is -2.38. The normalized spacial score (nSPS) is 17.8. The summed E-state index contributed by atoms with van der Waals surface area (Å²) in [6.07, 6.45) is 23.8. The lowest BCUT2D eigenvalue weighted by atomic mass is 10.0. The van der Waals surface area contributed by atoms with Crippen LogP contribution in [0.15, 0.2) is 58.2 Å². The van der Waals surface area contributed by atoms with Crippen LogP contribution in [0, 0.1) is 0 Å². The molecular weight excluding hydrogens is 464 g/mol. The van der Waals surface area contributed by atoms with Crippen molar-refractivity contribution in [2.24, 2.45) is 0 Å². The summed E-state index contributed by atoms with van der Waals surface area (Å²) >= 11 is 0. The number of allylic oxidation sites excluding steroid dienone is 9. The van der Waals surface area contributed by atoms with Gasteiger partial charge >= 0.3 is 0 Å². The van der Waals surface area contributed by atoms with Crippen LogP contribution in [0.5, 0.6) is 0 Å². The summed E-state index contributed by atoms with van der Waals surface area (Å²) in [4.78, 5) is 17.7. The molecule has 38 heavy (non-hydrogen) atoms. The molecule has 0 aromatic heterocycles. The zero-order chi connectivity index (χ0) is 28.3. The van der Waals surface area contributed by atoms with Gasteiger partial charge in [0.2, 0.25) is 5.91 Å². The predicted molar refractivity (Wildman–Crippen MR) is 169 cm³/mol. The fourth-order valence-corrected chi connectivity index (χ4v) is 5.16. The molecule has 0 aliphatic carbocycles. The first kappa shape index (κ1) is 34.2. The minimum absolute atomic E-state index is 0.221. The van der Waals surface area contributed by atoms with Crippen molar-refractivity contribution in [3.63, 3.8) is 0 Å². The van der Waals surface area contributed by atoms with Crippen molar-refractivity contribution < 1.29 is 4.79 Å². The third-order valence-corrected chi connectivity index (χ3v) is 7.83. The van der Waals surface area contributed by atoms with E-state index in [0.717, 1.165) is 84.0 Å². The van der Waals surface area contributed by atoms with Crippen LogP contribution in [-0.2, 0) is 4.79 Å². The van der Waals surface area contributed by atoms with Gasteiger partial charge in [0.1, 0.15) is 0 Å². The number of piperidine rings is 1. The van der Waals surface area contributed by atoms with E-state index < -0.39 is 0 Å². The summed E-state index contributed by atoms with van der Waals surface area (Å²) in [5.74, 6) is 0.221. The average molecular weight is 525 g/mol. The molecule has 3 heteroatoms. The third kappa shape index (κ3) is 15.5. The van der Waals surface area contributed by atoms with Gasteiger partial charge < -0.3 is 9.80 Å². The molecule has 1 amide bonds. The summed E-state index contributed by atoms with van der Waals surface area (Å²) in [6, 6.07) is 0.367. The zero-order valence-electron chi connectivity index (χ0n) is 26.4. The van der Waals surface area contributed by atoms with Crippen molar-refractivity contribution in [2.45, 2.75) is 132 Å². The minimum atomic E-state index is 0.221. The van der Waals surface area contributed by atoms with Crippen LogP contribution in [0.1, 0.15) is 126 Å². The first-order valence-corrected chi connectivity index (χ1v) is 15.5. The highest BCUT2D eigenvalue weighted by atomic mass is 16.2. The number of carbonyl (C=O) groups excluding carboxylic acids is 1. The third-order valence-electron chi connectivity index (χ3n) is 7.83. The van der Waals surface area contributed by atoms with E-state index in [1.165, 1.54) is 40.7 Å². The largest absolute Gasteiger partial charge is 0.335 e. The SMILES string of the molecule is CCN(CC)CC1CCCCN1C(=O)/C=C(\C)CC/C=C(\C)CC/C=C(\C)CC/C=C(\C)CCC=C(C)C. The van der Waals surface area contributed by atoms with E-state index in [9.17, 15) is 4.79 Å². The van der Waals surface area contributed by atoms with E-state index >= 15 is 0 Å². The minimum Gasteiger partial charge on any atom is -0.335 e. The van der Waals surface area contributed by atoms with Gasteiger partial charge in [0, 0.05) is 25.2 Å². The van der Waals surface area contributed by atoms with Gasteiger partial charge in [-0.25, -0.2) is 0 Å². The molecule has 1 atom stereocenters. The monoisotopic (exact) mass is 524 g/mol. The van der Waals surface area contributed by atoms with Crippen molar-refractivity contribution in [1.82, 2.24) is 9.80 Å². The Kier molecular flexibility index (Phi) is 18.1. The van der Waals surface area contributed by atoms with Crippen LogP contribution in [0.25, 0.3) is 0 Å². The number of hydrogen-bond acceptors (Lipinski definition) is 2. The maximum absolute atomic E-state index is 13.1. The van der Waals surface area contributed by atoms with Gasteiger partial charge in [-0.05, 0) is 125 Å². The van der Waals surface area contributed by atoms with Crippen LogP contribution in [0.2, 0.25) is 0 Å². The number of likely N-dealkylation sites (tertiary alicyclic amines) is 1. The second kappa shape index (κ2) is 20.1. The number of nitrogens with zero attached hydrogens (tertiary/aromatic N) is 2. The number of rotatable bonds is 17. The molecular formula is C35H60N2O. The standard InChI is InChI=1S/C35H60N2O/c1-9-36(10-2)28-34-25-11-12-26-37(34)35(38)27-33(8)24-16-23-32(7)22-15-21-31(6)20-14-19-30(5)18-13-17-29(3)4/h17,19,21,23,27,34H,9-16,18,20,22,24-26,28H2,1-8H3/b30-19+,31-21+,32-23+,33-27+. The summed E-state index contributed by atoms with van der Waals surface area (Å²) in [7, 11) is 0. The van der Waals surface area contributed by atoms with Crippen molar-refractivity contribution >= 4 is 5.91 Å². The van der Waals surface area contributed by atoms with Gasteiger partial charge in [-0.3, -0.25) is 4.79 Å². The summed E-state index contributed by atoms with van der Waals surface area (Å²) < 4.78 is 0. The Labute approximate surface area is 236 Å². The molecule has 1 unspecified atom stereocenters. The Morgan fingerprint density at radius 3 is 1.66 bits per heavy atom. The van der Waals surface area contributed by atoms with Crippen molar-refractivity contribution in [3.8, 4) is 0 Å². The van der Waals surface area contributed by atoms with Gasteiger partial charge in [0.25, 0.3) is 0 Å². The van der Waals surface area contributed by atoms with Gasteiger partial charge in [0.15, 0.2) is 0 Å². The summed E-state index contributed by atoms with van der Waals surface area (Å²) in [6.45, 7) is 21.7. The molecule has 0 spiro atoms. The van der Waals surface area contributed by atoms with Crippen LogP contribution in [0.4, 0.5) is 0 Å². The number of carbonyl (C=O) groups is 1. The molecule has 1 fully saturated rings. The van der Waals surface area contributed by atoms with E-state index in [1.807, 2.05) is 6.08 Å². The molecule has 0 bridgehead atoms. The zero-order valence-corrected chi connectivity index (χ0v) is 26.4. The molecule has 0 saturated carbocycles. The Morgan fingerprint density at radius 2 is 1.18 bits per heavy atom. The number of likely N-dealkylation sites (N-methyl/N-ethyl adjacent to an activating group) is 1. The van der Waals surface area contributed by atoms with Crippen LogP contribution in [-0.4, -0.2) is 47.9 Å². The average Bonchev–Trinajstić information content (AvgIpc) is 2.87. The Hall–Kier alpha value is -1.87. The van der Waals surface area contributed by atoms with E-state index in [1.54, 1.807) is 0 Å². The maximum atomic E-state index is 13.1. The predicted octanol–water partition coefficient (Wildman–Crippen LogP) is 9.58. The van der Waals surface area contributed by atoms with E-state index in [0.29, 0.717) is 6.04 Å². The Balaban J connectivity index is 2.41. The highest BCUT2D eigenvalue weighted by Gasteiger charge is 2.26. The molecule has 216 valence electrons. The van der Waals surface area contributed by atoms with Crippen molar-refractivity contribution in [2.75, 3.05) is 26.2 Å². The maximum Gasteiger partial charge on any atom is 0.246 e. The van der Waals surface area contributed by atoms with E-state index in [-0.39, 0.29) is 5.91 Å². The molecule has 1 rings (SSSR count). The molecule has 1 saturated heterocycles. The second-order valence-corrected chi connectivity index (χ2v) is 11.7. The second-order valence-electron chi connectivity index (χ2n) is 11.7. The molecule has 1 aliphatic rings. The molecule has 0 aromatic carbocycles. The van der Waals surface area contributed by atoms with E-state index in [4.69, 9.17) is 0 Å². The molecule has 0 aromatic rings. The van der Waals surface area contributed by atoms with Crippen LogP contribution < -0.4 is 0 Å². The fraction of sp³-hybridized carbons (Fsp3) is 0.686. The number of amides is 1. The van der Waals surface area contributed by atoms with Crippen molar-refractivity contribution in [3.05, 3.63) is 58.2 Å². The van der Waals surface area contributed by atoms with Gasteiger partial charge in [-0.1, -0.05) is 66.0 Å². The highest BCUT2D eigenvalue weighted by Crippen LogP contribution is 2.20. The quantitative estimate of drug-likeness (QED) is 0.140. The van der Waals surface area contributed by atoms with E-state index in [2.05, 4.69) is 89.5 Å². The van der Waals surface area contributed by atoms with Gasteiger partial charge in [-0.2, -0.15) is 0 Å². The highest BCUT2D eigenvalue weighted by molar-refractivity contribution is 5.88. The smallest absolute Gasteiger partial charge is 0.246 e. The molecule has 3 nitrogen and oxygen atoms in total. The van der Waals surface area contributed by atoms with Crippen molar-refractivity contribution in [1.29, 1.82) is 0 Å². The lowest BCUT2D eigenvalue weighted by molar-refractivity contribution is -0.130. The molecule has 0 radical (unpaired) electrons. The van der Waals surface area contributed by atoms with Gasteiger partial charge in [0.05, 0.1) is 0 Å². The number of hydrogen-bond donors (Lipinski definition) is 0. The lowest BCUT2D eigenvalue weighted by Crippen LogP contribution is -2.49. The first-order chi connectivity index (χ1) is 18.2. The van der Waals surface area contributed by atoms with Gasteiger partial charge in [-0.15, -0.1) is 0 Å². The summed E-state index contributed by atoms with van der Waals surface area (Å²) in [5, 5.41) is 0. The van der Waals surface area contributed by atoms with Crippen LogP contribution >= 0.6 is 0 Å². The Morgan fingerprint density at radius 1 is 0.711 bits per heavy atom. The molecule has 0 N–H and O–H groups in total. The summed E-state index contributed by atoms with van der Waals surface area (Å²) in [5.41, 5.74) is 7.08. The topological polar surface area (TPSA) is 23.6 Å². The molecule has 1 aliphatic heterocycles. The Bertz CT molecular complexity index is 834. The van der Waals surface area contributed by atoms with Crippen LogP contribution in [0.3, 0.4) is 0 Å².